The van der Waals surface area contributed by atoms with Gasteiger partial charge in [-0.2, -0.15) is 0 Å². The number of H-pyrrole nitrogens is 4. The zero-order valence-electron chi connectivity index (χ0n) is 24.8. The molecule has 0 spiro atoms. The molecule has 6 nitrogen and oxygen atoms in total. The summed E-state index contributed by atoms with van der Waals surface area (Å²) in [4.78, 5) is 12.0. The topological polar surface area (TPSA) is 120 Å². The maximum absolute atomic E-state index is 3.00. The molecule has 0 radical (unpaired) electrons. The second-order valence-electron chi connectivity index (χ2n) is 8.04. The standard InChI is InChI=1S/4C7H9N.6ClH.2Cu.2H2O/c4*1-6-3-4-8-5-7(6)2;;;;;;;;;;/h4*3-5H,1-2H3;6*1H;;;2*1H2/q;;;;;;;;;;2*+1;;/p-2. The Morgan fingerprint density at radius 2 is 0.452 bits per heavy atom. The molecule has 14 heteroatoms. The number of aromatic nitrogens is 4. The van der Waals surface area contributed by atoms with Crippen molar-refractivity contribution in [2.75, 3.05) is 0 Å². The van der Waals surface area contributed by atoms with Gasteiger partial charge in [-0.25, -0.2) is 19.9 Å². The van der Waals surface area contributed by atoms with Crippen LogP contribution in [0.3, 0.4) is 0 Å². The molecule has 0 bridgehead atoms. The quantitative estimate of drug-likeness (QED) is 0.157. The number of hydrogen-bond donors (Lipinski definition) is 0. The van der Waals surface area contributed by atoms with E-state index in [0.717, 1.165) is 0 Å². The monoisotopic (exact) mass is 804 g/mol. The van der Waals surface area contributed by atoms with Crippen molar-refractivity contribution < 1.29 is 139 Å². The number of hydrogen-bond acceptors (Lipinski definition) is 0. The van der Waals surface area contributed by atoms with E-state index in [-0.39, 0.29) is 120 Å². The summed E-state index contributed by atoms with van der Waals surface area (Å²) in [7, 11) is 0. The van der Waals surface area contributed by atoms with E-state index < -0.39 is 0 Å². The molecule has 0 aliphatic rings. The maximum Gasteiger partial charge on any atom is 1.00 e. The van der Waals surface area contributed by atoms with Crippen LogP contribution in [0.5, 0.6) is 0 Å². The van der Waals surface area contributed by atoms with Gasteiger partial charge in [-0.15, -0.1) is 0 Å². The first-order valence-electron chi connectivity index (χ1n) is 11.0. The number of pyridine rings is 4. The summed E-state index contributed by atoms with van der Waals surface area (Å²) < 4.78 is 0. The Morgan fingerprint density at radius 3 is 0.524 bits per heavy atom. The van der Waals surface area contributed by atoms with E-state index in [2.05, 4.69) is 99.6 Å². The molecule has 8 N–H and O–H groups in total. The summed E-state index contributed by atoms with van der Waals surface area (Å²) in [6, 6.07) is 8.26. The summed E-state index contributed by atoms with van der Waals surface area (Å²) >= 11 is 0. The van der Waals surface area contributed by atoms with E-state index in [0.29, 0.717) is 0 Å². The first-order valence-corrected chi connectivity index (χ1v) is 11.0. The van der Waals surface area contributed by atoms with Crippen LogP contribution >= 0.6 is 0 Å². The average molecular weight is 808 g/mol. The molecule has 0 aromatic carbocycles. The van der Waals surface area contributed by atoms with Gasteiger partial charge in [0.15, 0.2) is 49.6 Å². The number of halogens is 6. The minimum absolute atomic E-state index is 0. The Hall–Kier alpha value is -0.701. The van der Waals surface area contributed by atoms with Crippen LogP contribution in [0.2, 0.25) is 0 Å². The largest absolute Gasteiger partial charge is 1.00 e. The molecule has 0 saturated heterocycles. The Bertz CT molecular complexity index is 863. The van der Waals surface area contributed by atoms with Crippen LogP contribution in [0.1, 0.15) is 44.5 Å². The number of rotatable bonds is 0. The number of nitrogens with one attached hydrogen (secondary N) is 4. The summed E-state index contributed by atoms with van der Waals surface area (Å²) in [6.07, 6.45) is 15.7. The second-order valence-corrected chi connectivity index (χ2v) is 8.04. The Balaban J connectivity index is -0.0000000376. The van der Waals surface area contributed by atoms with Gasteiger partial charge in [-0.3, -0.25) is 0 Å². The van der Waals surface area contributed by atoms with Gasteiger partial charge in [0.25, 0.3) is 0 Å². The van der Waals surface area contributed by atoms with Gasteiger partial charge in [0.05, 0.1) is 0 Å². The molecule has 0 amide bonds. The predicted octanol–water partition coefficient (Wildman–Crippen LogP) is -15.2. The Morgan fingerprint density at radius 1 is 0.310 bits per heavy atom. The van der Waals surface area contributed by atoms with E-state index in [1.807, 2.05) is 49.6 Å². The fourth-order valence-corrected chi connectivity index (χ4v) is 2.37. The molecule has 252 valence electrons. The molecule has 42 heavy (non-hydrogen) atoms. The van der Waals surface area contributed by atoms with Gasteiger partial charge in [-0.1, -0.05) is 0 Å². The fourth-order valence-electron chi connectivity index (χ4n) is 2.37. The molecule has 0 aliphatic heterocycles. The van der Waals surface area contributed by atoms with Crippen LogP contribution in [0, 0.1) is 55.4 Å². The smallest absolute Gasteiger partial charge is 1.00 e. The normalized spacial score (nSPS) is 7.05. The van der Waals surface area contributed by atoms with Crippen LogP contribution < -0.4 is 94.4 Å². The summed E-state index contributed by atoms with van der Waals surface area (Å²) in [5.41, 5.74) is 10.6. The molecule has 0 aliphatic carbocycles. The van der Waals surface area contributed by atoms with Crippen molar-refractivity contribution in [3.63, 3.8) is 0 Å². The van der Waals surface area contributed by atoms with Crippen molar-refractivity contribution in [2.45, 2.75) is 55.4 Å². The first-order chi connectivity index (χ1) is 15.2. The predicted molar refractivity (Wildman–Crippen MR) is 137 cm³/mol. The zero-order chi connectivity index (χ0) is 23.9. The maximum atomic E-state index is 3.00. The van der Waals surface area contributed by atoms with Gasteiger partial charge in [0.2, 0.25) is 0 Å². The van der Waals surface area contributed by atoms with Crippen LogP contribution in [0.4, 0.5) is 0 Å². The van der Waals surface area contributed by atoms with Gasteiger partial charge in [-0.05, 0) is 77.6 Å². The van der Waals surface area contributed by atoms with Crippen molar-refractivity contribution in [1.29, 1.82) is 0 Å². The minimum Gasteiger partial charge on any atom is -1.00 e. The second kappa shape index (κ2) is 40.3. The van der Waals surface area contributed by atoms with E-state index >= 15 is 0 Å². The van der Waals surface area contributed by atoms with Crippen LogP contribution in [0.25, 0.3) is 0 Å². The summed E-state index contributed by atoms with van der Waals surface area (Å²) in [6.45, 7) is 16.8. The molecule has 4 aromatic rings. The Kier molecular flexibility index (Phi) is 65.7. The average Bonchev–Trinajstić information content (AvgIpc) is 2.78. The summed E-state index contributed by atoms with van der Waals surface area (Å²) in [5.74, 6) is 0. The van der Waals surface area contributed by atoms with Crippen molar-refractivity contribution in [3.8, 4) is 0 Å². The van der Waals surface area contributed by atoms with Crippen LogP contribution in [0.15, 0.2) is 73.8 Å². The van der Waals surface area contributed by atoms with Crippen LogP contribution in [-0.4, -0.2) is 11.0 Å². The van der Waals surface area contributed by atoms with Crippen molar-refractivity contribution >= 4 is 0 Å². The number of aromatic amines is 4. The molecular formula is C28H44Cl6Cu2N4O2. The van der Waals surface area contributed by atoms with E-state index in [1.54, 1.807) is 0 Å². The number of aryl methyl sites for hydroxylation is 8. The first kappa shape index (κ1) is 68.5. The third kappa shape index (κ3) is 30.7. The zero-order valence-corrected chi connectivity index (χ0v) is 31.2. The fraction of sp³-hybridized carbons (Fsp3) is 0.286. The van der Waals surface area contributed by atoms with Gasteiger partial charge in [0, 0.05) is 46.5 Å². The van der Waals surface area contributed by atoms with Crippen LogP contribution in [-0.2, 0) is 34.1 Å². The van der Waals surface area contributed by atoms with Gasteiger partial charge >= 0.3 is 34.1 Å². The van der Waals surface area contributed by atoms with E-state index in [4.69, 9.17) is 0 Å². The van der Waals surface area contributed by atoms with Crippen molar-refractivity contribution in [2.24, 2.45) is 0 Å². The molecular weight excluding hydrogens is 764 g/mol. The third-order valence-corrected chi connectivity index (χ3v) is 5.41. The molecule has 4 heterocycles. The van der Waals surface area contributed by atoms with Crippen molar-refractivity contribution in [1.82, 2.24) is 0 Å². The van der Waals surface area contributed by atoms with Crippen molar-refractivity contribution in [3.05, 3.63) is 118 Å². The Labute approximate surface area is 310 Å². The molecule has 0 atom stereocenters. The molecule has 4 rings (SSSR count). The SMILES string of the molecule is Cc1cc[nH+]cc1C.Cc1cc[nH+]cc1C.Cc1cc[nH+]cc1C.Cc1cc[nH+]cc1C.O.O.[Cl-].[Cl-].[Cl-].[Cl-].[Cl-].[Cl-].[Cu+].[Cu+]. The molecule has 0 fully saturated rings. The van der Waals surface area contributed by atoms with Gasteiger partial charge < -0.3 is 85.4 Å². The van der Waals surface area contributed by atoms with E-state index in [9.17, 15) is 0 Å². The molecule has 0 unspecified atom stereocenters. The third-order valence-electron chi connectivity index (χ3n) is 5.41. The molecule has 4 aromatic heterocycles. The molecule has 0 saturated carbocycles. The minimum atomic E-state index is 0. The van der Waals surface area contributed by atoms with E-state index in [1.165, 1.54) is 44.5 Å². The van der Waals surface area contributed by atoms with Gasteiger partial charge in [0.1, 0.15) is 0 Å². The summed E-state index contributed by atoms with van der Waals surface area (Å²) in [5, 5.41) is 0.